The largest absolute Gasteiger partial charge is 0.493 e. The van der Waals surface area contributed by atoms with Gasteiger partial charge >= 0.3 is 0 Å². The molecule has 0 radical (unpaired) electrons. The van der Waals surface area contributed by atoms with E-state index < -0.39 is 0 Å². The van der Waals surface area contributed by atoms with E-state index in [0.717, 1.165) is 0 Å². The third-order valence-electron chi connectivity index (χ3n) is 2.38. The molecule has 0 fully saturated rings. The molecule has 2 heterocycles. The van der Waals surface area contributed by atoms with Crippen molar-refractivity contribution >= 4 is 5.95 Å². The smallest absolute Gasteiger partial charge is 0.262 e. The van der Waals surface area contributed by atoms with Crippen molar-refractivity contribution < 1.29 is 5.11 Å². The quantitative estimate of drug-likeness (QED) is 0.684. The van der Waals surface area contributed by atoms with Gasteiger partial charge in [0.2, 0.25) is 11.8 Å². The molecule has 1 aliphatic rings. The van der Waals surface area contributed by atoms with E-state index >= 15 is 0 Å². The Hall–Kier alpha value is -1.52. The van der Waals surface area contributed by atoms with Gasteiger partial charge in [0.25, 0.3) is 5.56 Å². The van der Waals surface area contributed by atoms with Gasteiger partial charge in [-0.25, -0.2) is 0 Å². The molecule has 1 aromatic rings. The number of hydrogen-bond donors (Lipinski definition) is 2. The summed E-state index contributed by atoms with van der Waals surface area (Å²) in [4.78, 5) is 15.8. The summed E-state index contributed by atoms with van der Waals surface area (Å²) in [6, 6.07) is 0. The molecule has 5 heteroatoms. The van der Waals surface area contributed by atoms with E-state index in [1.165, 1.54) is 0 Å². The number of rotatable bonds is 1. The molecule has 0 aromatic carbocycles. The molecular weight excluding hydrogens is 182 g/mol. The first-order chi connectivity index (χ1) is 6.61. The van der Waals surface area contributed by atoms with Gasteiger partial charge in [-0.05, 0) is 5.92 Å². The fourth-order valence-corrected chi connectivity index (χ4v) is 1.69. The molecule has 2 N–H and O–H groups in total. The fraction of sp³-hybridized carbons (Fsp3) is 0.556. The van der Waals surface area contributed by atoms with Crippen LogP contribution in [0.1, 0.15) is 25.3 Å². The van der Waals surface area contributed by atoms with Gasteiger partial charge in [-0.2, -0.15) is 4.98 Å². The van der Waals surface area contributed by atoms with E-state index in [1.54, 1.807) is 4.57 Å². The molecule has 0 aliphatic carbocycles. The molecule has 0 atom stereocenters. The van der Waals surface area contributed by atoms with Gasteiger partial charge in [0.15, 0.2) is 0 Å². The first-order valence-corrected chi connectivity index (χ1v) is 4.69. The SMILES string of the molecule is CC(C)c1c(O)nc2n(c1=O)CCN2. The van der Waals surface area contributed by atoms with Crippen molar-refractivity contribution in [1.82, 2.24) is 9.55 Å². The monoisotopic (exact) mass is 195 g/mol. The van der Waals surface area contributed by atoms with Crippen molar-refractivity contribution in [2.45, 2.75) is 26.3 Å². The number of aromatic hydroxyl groups is 1. The summed E-state index contributed by atoms with van der Waals surface area (Å²) in [6.07, 6.45) is 0. The van der Waals surface area contributed by atoms with Crippen molar-refractivity contribution in [2.75, 3.05) is 11.9 Å². The van der Waals surface area contributed by atoms with Crippen molar-refractivity contribution in [3.63, 3.8) is 0 Å². The highest BCUT2D eigenvalue weighted by atomic mass is 16.3. The molecule has 0 saturated carbocycles. The van der Waals surface area contributed by atoms with Gasteiger partial charge in [0.05, 0.1) is 5.56 Å². The number of fused-ring (bicyclic) bond motifs is 1. The molecule has 0 bridgehead atoms. The fourth-order valence-electron chi connectivity index (χ4n) is 1.69. The van der Waals surface area contributed by atoms with E-state index in [1.807, 2.05) is 13.8 Å². The maximum atomic E-state index is 11.8. The van der Waals surface area contributed by atoms with Crippen LogP contribution in [-0.2, 0) is 6.54 Å². The average molecular weight is 195 g/mol. The van der Waals surface area contributed by atoms with Crippen LogP contribution in [0.25, 0.3) is 0 Å². The third kappa shape index (κ3) is 1.16. The molecule has 76 valence electrons. The second-order valence-corrected chi connectivity index (χ2v) is 3.71. The standard InChI is InChI=1S/C9H13N3O2/c1-5(2)6-7(13)11-9-10-3-4-12(9)8(6)14/h5,13H,3-4H2,1-2H3,(H,10,11). The van der Waals surface area contributed by atoms with Gasteiger partial charge in [-0.15, -0.1) is 0 Å². The molecule has 1 aliphatic heterocycles. The number of nitrogens with one attached hydrogen (secondary N) is 1. The summed E-state index contributed by atoms with van der Waals surface area (Å²) in [5.41, 5.74) is 0.268. The predicted octanol–water partition coefficient (Wildman–Crippen LogP) is 0.498. The zero-order valence-electron chi connectivity index (χ0n) is 8.24. The third-order valence-corrected chi connectivity index (χ3v) is 2.38. The first-order valence-electron chi connectivity index (χ1n) is 4.69. The topological polar surface area (TPSA) is 67.2 Å². The molecular formula is C9H13N3O2. The van der Waals surface area contributed by atoms with Crippen LogP contribution < -0.4 is 10.9 Å². The van der Waals surface area contributed by atoms with Gasteiger partial charge < -0.3 is 10.4 Å². The Morgan fingerprint density at radius 3 is 2.93 bits per heavy atom. The van der Waals surface area contributed by atoms with Crippen molar-refractivity contribution in [1.29, 1.82) is 0 Å². The van der Waals surface area contributed by atoms with Crippen molar-refractivity contribution in [3.8, 4) is 5.88 Å². The summed E-state index contributed by atoms with van der Waals surface area (Å²) in [7, 11) is 0. The normalized spacial score (nSPS) is 14.2. The zero-order chi connectivity index (χ0) is 10.3. The first kappa shape index (κ1) is 9.05. The summed E-state index contributed by atoms with van der Waals surface area (Å²) < 4.78 is 1.56. The predicted molar refractivity (Wildman–Crippen MR) is 52.7 cm³/mol. The minimum Gasteiger partial charge on any atom is -0.493 e. The number of nitrogens with zero attached hydrogens (tertiary/aromatic N) is 2. The van der Waals surface area contributed by atoms with Crippen LogP contribution in [0.5, 0.6) is 5.88 Å². The van der Waals surface area contributed by atoms with E-state index in [9.17, 15) is 9.90 Å². The van der Waals surface area contributed by atoms with Crippen molar-refractivity contribution in [3.05, 3.63) is 15.9 Å². The van der Waals surface area contributed by atoms with E-state index in [0.29, 0.717) is 24.6 Å². The molecule has 0 spiro atoms. The van der Waals surface area contributed by atoms with Crippen LogP contribution in [0.3, 0.4) is 0 Å². The van der Waals surface area contributed by atoms with Gasteiger partial charge in [-0.3, -0.25) is 9.36 Å². The summed E-state index contributed by atoms with van der Waals surface area (Å²) in [5.74, 6) is 0.316. The molecule has 5 nitrogen and oxygen atoms in total. The maximum absolute atomic E-state index is 11.8. The van der Waals surface area contributed by atoms with Gasteiger partial charge in [0, 0.05) is 13.1 Å². The summed E-state index contributed by atoms with van der Waals surface area (Å²) in [5, 5.41) is 12.5. The van der Waals surface area contributed by atoms with Crippen LogP contribution in [0.15, 0.2) is 4.79 Å². The van der Waals surface area contributed by atoms with E-state index in [2.05, 4.69) is 10.3 Å². The lowest BCUT2D eigenvalue weighted by Gasteiger charge is -2.09. The molecule has 0 saturated heterocycles. The minimum absolute atomic E-state index is 0.00611. The molecule has 14 heavy (non-hydrogen) atoms. The van der Waals surface area contributed by atoms with E-state index in [4.69, 9.17) is 0 Å². The lowest BCUT2D eigenvalue weighted by Crippen LogP contribution is -2.23. The van der Waals surface area contributed by atoms with Crippen molar-refractivity contribution in [2.24, 2.45) is 0 Å². The Kier molecular flexibility index (Phi) is 1.94. The summed E-state index contributed by atoms with van der Waals surface area (Å²) in [6.45, 7) is 5.06. The van der Waals surface area contributed by atoms with Crippen LogP contribution in [0.4, 0.5) is 5.95 Å². The Morgan fingerprint density at radius 1 is 1.57 bits per heavy atom. The molecule has 0 unspecified atom stereocenters. The van der Waals surface area contributed by atoms with Crippen LogP contribution in [0.2, 0.25) is 0 Å². The Morgan fingerprint density at radius 2 is 2.29 bits per heavy atom. The van der Waals surface area contributed by atoms with Crippen LogP contribution >= 0.6 is 0 Å². The second kappa shape index (κ2) is 3.01. The van der Waals surface area contributed by atoms with Crippen LogP contribution in [0, 0.1) is 0 Å². The van der Waals surface area contributed by atoms with Gasteiger partial charge in [0.1, 0.15) is 0 Å². The summed E-state index contributed by atoms with van der Waals surface area (Å²) >= 11 is 0. The molecule has 2 rings (SSSR count). The van der Waals surface area contributed by atoms with E-state index in [-0.39, 0.29) is 17.4 Å². The number of aromatic nitrogens is 2. The average Bonchev–Trinajstić information content (AvgIpc) is 2.50. The zero-order valence-corrected chi connectivity index (χ0v) is 8.24. The highest BCUT2D eigenvalue weighted by molar-refractivity contribution is 5.38. The number of anilines is 1. The Bertz CT molecular complexity index is 423. The highest BCUT2D eigenvalue weighted by Crippen LogP contribution is 2.22. The van der Waals surface area contributed by atoms with Gasteiger partial charge in [-0.1, -0.05) is 13.8 Å². The molecule has 0 amide bonds. The molecule has 1 aromatic heterocycles. The number of hydrogen-bond acceptors (Lipinski definition) is 4. The lowest BCUT2D eigenvalue weighted by atomic mass is 10.1. The lowest BCUT2D eigenvalue weighted by molar-refractivity contribution is 0.437. The second-order valence-electron chi connectivity index (χ2n) is 3.71. The Labute approximate surface area is 81.4 Å². The van der Waals surface area contributed by atoms with Crippen LogP contribution in [-0.4, -0.2) is 21.2 Å². The highest BCUT2D eigenvalue weighted by Gasteiger charge is 2.20. The Balaban J connectivity index is 2.69. The minimum atomic E-state index is -0.148. The maximum Gasteiger partial charge on any atom is 0.262 e.